The Morgan fingerprint density at radius 1 is 1.17 bits per heavy atom. The van der Waals surface area contributed by atoms with E-state index in [9.17, 15) is 12.8 Å². The number of rotatable bonds is 5. The standard InChI is InChI=1S/C18H21FN2O2S/c19-15-7-6-14-2-1-3-18(17(14)12-15)21-11-10-13-4-8-16(9-5-13)24(20,22)23/h4-9,12,18,21H,1-3,10-11H2,(H2,20,22,23)/t18-/m0/s1. The number of fused-ring (bicyclic) bond motifs is 1. The molecule has 1 atom stereocenters. The van der Waals surface area contributed by atoms with Gasteiger partial charge in [-0.1, -0.05) is 18.2 Å². The Balaban J connectivity index is 1.61. The lowest BCUT2D eigenvalue weighted by Gasteiger charge is -2.26. The van der Waals surface area contributed by atoms with Gasteiger partial charge in [0.25, 0.3) is 0 Å². The van der Waals surface area contributed by atoms with Gasteiger partial charge in [0, 0.05) is 6.04 Å². The number of hydrogen-bond acceptors (Lipinski definition) is 3. The molecule has 4 nitrogen and oxygen atoms in total. The van der Waals surface area contributed by atoms with Crippen LogP contribution in [0.1, 0.15) is 35.6 Å². The highest BCUT2D eigenvalue weighted by Crippen LogP contribution is 2.30. The fourth-order valence-electron chi connectivity index (χ4n) is 3.22. The zero-order valence-corrected chi connectivity index (χ0v) is 14.2. The second-order valence-electron chi connectivity index (χ2n) is 6.18. The average Bonchev–Trinajstić information content (AvgIpc) is 2.55. The Bertz CT molecular complexity index is 819. The molecule has 0 aliphatic heterocycles. The van der Waals surface area contributed by atoms with Gasteiger partial charge in [-0.05, 0) is 73.2 Å². The fourth-order valence-corrected chi connectivity index (χ4v) is 3.73. The van der Waals surface area contributed by atoms with Gasteiger partial charge in [-0.25, -0.2) is 17.9 Å². The van der Waals surface area contributed by atoms with Crippen LogP contribution in [0.25, 0.3) is 0 Å². The van der Waals surface area contributed by atoms with Crippen LogP contribution < -0.4 is 10.5 Å². The molecule has 3 rings (SSSR count). The lowest BCUT2D eigenvalue weighted by Crippen LogP contribution is -2.27. The van der Waals surface area contributed by atoms with Crippen LogP contribution in [-0.4, -0.2) is 15.0 Å². The molecule has 0 aromatic heterocycles. The molecule has 0 amide bonds. The van der Waals surface area contributed by atoms with Crippen molar-refractivity contribution in [3.05, 3.63) is 65.0 Å². The maximum absolute atomic E-state index is 13.5. The van der Waals surface area contributed by atoms with Crippen molar-refractivity contribution in [1.29, 1.82) is 0 Å². The predicted octanol–water partition coefficient (Wildman–Crippen LogP) is 2.68. The van der Waals surface area contributed by atoms with E-state index in [1.54, 1.807) is 18.2 Å². The van der Waals surface area contributed by atoms with Crippen molar-refractivity contribution in [3.8, 4) is 0 Å². The minimum atomic E-state index is -3.65. The Kier molecular flexibility index (Phi) is 4.99. The molecular formula is C18H21FN2O2S. The Morgan fingerprint density at radius 3 is 2.62 bits per heavy atom. The van der Waals surface area contributed by atoms with Crippen molar-refractivity contribution in [2.75, 3.05) is 6.54 Å². The van der Waals surface area contributed by atoms with Crippen LogP contribution in [0.4, 0.5) is 4.39 Å². The zero-order chi connectivity index (χ0) is 17.2. The number of nitrogens with one attached hydrogen (secondary N) is 1. The number of sulfonamides is 1. The molecule has 0 heterocycles. The average molecular weight is 348 g/mol. The minimum Gasteiger partial charge on any atom is -0.310 e. The van der Waals surface area contributed by atoms with E-state index in [4.69, 9.17) is 5.14 Å². The molecule has 128 valence electrons. The first-order chi connectivity index (χ1) is 11.4. The molecule has 1 aliphatic carbocycles. The van der Waals surface area contributed by atoms with Crippen molar-refractivity contribution in [2.24, 2.45) is 5.14 Å². The normalized spacial score (nSPS) is 17.5. The summed E-state index contributed by atoms with van der Waals surface area (Å²) >= 11 is 0. The molecule has 0 radical (unpaired) electrons. The third-order valence-electron chi connectivity index (χ3n) is 4.48. The summed E-state index contributed by atoms with van der Waals surface area (Å²) in [5.74, 6) is -0.193. The largest absolute Gasteiger partial charge is 0.310 e. The molecule has 0 unspecified atom stereocenters. The molecule has 0 saturated carbocycles. The van der Waals surface area contributed by atoms with Gasteiger partial charge in [-0.2, -0.15) is 0 Å². The van der Waals surface area contributed by atoms with Crippen LogP contribution in [0.2, 0.25) is 0 Å². The van der Waals surface area contributed by atoms with Crippen molar-refractivity contribution in [3.63, 3.8) is 0 Å². The van der Waals surface area contributed by atoms with E-state index >= 15 is 0 Å². The summed E-state index contributed by atoms with van der Waals surface area (Å²) < 4.78 is 36.0. The fraction of sp³-hybridized carbons (Fsp3) is 0.333. The predicted molar refractivity (Wildman–Crippen MR) is 91.6 cm³/mol. The van der Waals surface area contributed by atoms with Gasteiger partial charge < -0.3 is 5.32 Å². The van der Waals surface area contributed by atoms with Gasteiger partial charge in [0.15, 0.2) is 0 Å². The van der Waals surface area contributed by atoms with Crippen molar-refractivity contribution < 1.29 is 12.8 Å². The maximum Gasteiger partial charge on any atom is 0.238 e. The lowest BCUT2D eigenvalue weighted by molar-refractivity contribution is 0.459. The number of primary sulfonamides is 1. The summed E-state index contributed by atoms with van der Waals surface area (Å²) in [6.07, 6.45) is 3.87. The molecule has 6 heteroatoms. The highest BCUT2D eigenvalue weighted by molar-refractivity contribution is 7.89. The third-order valence-corrected chi connectivity index (χ3v) is 5.41. The Labute approximate surface area is 141 Å². The number of nitrogens with two attached hydrogens (primary N) is 1. The summed E-state index contributed by atoms with van der Waals surface area (Å²) in [5.41, 5.74) is 3.31. The monoisotopic (exact) mass is 348 g/mol. The molecule has 0 fully saturated rings. The minimum absolute atomic E-state index is 0.121. The molecule has 1 aliphatic rings. The van der Waals surface area contributed by atoms with Gasteiger partial charge in [-0.15, -0.1) is 0 Å². The molecule has 24 heavy (non-hydrogen) atoms. The molecule has 2 aromatic rings. The van der Waals surface area contributed by atoms with E-state index in [0.717, 1.165) is 43.4 Å². The van der Waals surface area contributed by atoms with Gasteiger partial charge in [0.1, 0.15) is 5.82 Å². The summed E-state index contributed by atoms with van der Waals surface area (Å²) in [5, 5.41) is 8.58. The number of aryl methyl sites for hydroxylation is 1. The van der Waals surface area contributed by atoms with Gasteiger partial charge in [0.05, 0.1) is 4.90 Å². The summed E-state index contributed by atoms with van der Waals surface area (Å²) in [7, 11) is -3.65. The quantitative estimate of drug-likeness (QED) is 0.873. The Morgan fingerprint density at radius 2 is 1.92 bits per heavy atom. The smallest absolute Gasteiger partial charge is 0.238 e. The topological polar surface area (TPSA) is 72.2 Å². The van der Waals surface area contributed by atoms with Crippen LogP contribution in [0.15, 0.2) is 47.4 Å². The highest BCUT2D eigenvalue weighted by atomic mass is 32.2. The van der Waals surface area contributed by atoms with Gasteiger partial charge >= 0.3 is 0 Å². The van der Waals surface area contributed by atoms with E-state index in [1.165, 1.54) is 23.8 Å². The first-order valence-electron chi connectivity index (χ1n) is 8.07. The second kappa shape index (κ2) is 7.01. The molecule has 0 bridgehead atoms. The Hall–Kier alpha value is -1.76. The molecular weight excluding hydrogens is 327 g/mol. The van der Waals surface area contributed by atoms with E-state index in [1.807, 2.05) is 6.07 Å². The maximum atomic E-state index is 13.5. The third kappa shape index (κ3) is 4.01. The summed E-state index contributed by atoms with van der Waals surface area (Å²) in [6.45, 7) is 0.745. The van der Waals surface area contributed by atoms with Crippen LogP contribution in [0.3, 0.4) is 0 Å². The van der Waals surface area contributed by atoms with Crippen molar-refractivity contribution >= 4 is 10.0 Å². The molecule has 3 N–H and O–H groups in total. The van der Waals surface area contributed by atoms with E-state index in [0.29, 0.717) is 0 Å². The first kappa shape index (κ1) is 17.1. The summed E-state index contributed by atoms with van der Waals surface area (Å²) in [4.78, 5) is 0.121. The van der Waals surface area contributed by atoms with E-state index < -0.39 is 10.0 Å². The molecule has 0 spiro atoms. The van der Waals surface area contributed by atoms with Crippen LogP contribution >= 0.6 is 0 Å². The van der Waals surface area contributed by atoms with Crippen LogP contribution in [0.5, 0.6) is 0 Å². The summed E-state index contributed by atoms with van der Waals surface area (Å²) in [6, 6.07) is 11.8. The first-order valence-corrected chi connectivity index (χ1v) is 9.61. The zero-order valence-electron chi connectivity index (χ0n) is 13.3. The van der Waals surface area contributed by atoms with Gasteiger partial charge in [-0.3, -0.25) is 0 Å². The van der Waals surface area contributed by atoms with Crippen LogP contribution in [0, 0.1) is 5.82 Å². The number of hydrogen-bond donors (Lipinski definition) is 2. The van der Waals surface area contributed by atoms with Gasteiger partial charge in [0.2, 0.25) is 10.0 Å². The highest BCUT2D eigenvalue weighted by Gasteiger charge is 2.20. The number of halogens is 1. The van der Waals surface area contributed by atoms with Crippen molar-refractivity contribution in [1.82, 2.24) is 5.32 Å². The van der Waals surface area contributed by atoms with E-state index in [2.05, 4.69) is 5.32 Å². The number of benzene rings is 2. The molecule has 2 aromatic carbocycles. The van der Waals surface area contributed by atoms with E-state index in [-0.39, 0.29) is 16.8 Å². The van der Waals surface area contributed by atoms with Crippen molar-refractivity contribution in [2.45, 2.75) is 36.6 Å². The lowest BCUT2D eigenvalue weighted by atomic mass is 9.87. The van der Waals surface area contributed by atoms with Crippen LogP contribution in [-0.2, 0) is 22.9 Å². The second-order valence-corrected chi connectivity index (χ2v) is 7.74. The molecule has 0 saturated heterocycles. The SMILES string of the molecule is NS(=O)(=O)c1ccc(CCN[C@H]2CCCc3ccc(F)cc32)cc1.